The van der Waals surface area contributed by atoms with Gasteiger partial charge in [-0.25, -0.2) is 0 Å². The van der Waals surface area contributed by atoms with Gasteiger partial charge in [-0.15, -0.1) is 0 Å². The Morgan fingerprint density at radius 1 is 1.43 bits per heavy atom. The minimum atomic E-state index is -1.42. The van der Waals surface area contributed by atoms with Crippen LogP contribution in [0.15, 0.2) is 11.6 Å². The Morgan fingerprint density at radius 2 is 2.00 bits per heavy atom. The monoisotopic (exact) mass is 194 g/mol. The lowest BCUT2D eigenvalue weighted by atomic mass is 9.86. The Morgan fingerprint density at radius 3 is 2.43 bits per heavy atom. The van der Waals surface area contributed by atoms with Gasteiger partial charge in [0.1, 0.15) is 6.07 Å². The molecule has 1 N–H and O–H groups in total. The Labute approximate surface area is 82.5 Å². The zero-order chi connectivity index (χ0) is 10.6. The summed E-state index contributed by atoms with van der Waals surface area (Å²) in [5.41, 5.74) is -0.300. The molecule has 0 aromatic rings. The number of carbonyl (C=O) groups excluding carboxylic acids is 1. The number of aliphatic carboxylic acids is 1. The van der Waals surface area contributed by atoms with Crippen LogP contribution in [-0.4, -0.2) is 17.2 Å². The maximum Gasteiger partial charge on any atom is 0.101 e. The van der Waals surface area contributed by atoms with Gasteiger partial charge in [0.15, 0.2) is 0 Å². The van der Waals surface area contributed by atoms with Crippen molar-refractivity contribution >= 4 is 5.97 Å². The van der Waals surface area contributed by atoms with Crippen LogP contribution in [0.3, 0.4) is 0 Å². The number of rotatable bonds is 2. The Hall–Kier alpha value is -1.34. The molecule has 0 amide bonds. The van der Waals surface area contributed by atoms with E-state index in [4.69, 9.17) is 5.26 Å². The van der Waals surface area contributed by atoms with Gasteiger partial charge in [0.05, 0.1) is 17.6 Å². The van der Waals surface area contributed by atoms with Crippen molar-refractivity contribution in [1.82, 2.24) is 0 Å². The third kappa shape index (κ3) is 2.86. The van der Waals surface area contributed by atoms with Crippen LogP contribution in [0.2, 0.25) is 0 Å². The van der Waals surface area contributed by atoms with Crippen LogP contribution >= 0.6 is 0 Å². The molecule has 0 saturated heterocycles. The number of carbonyl (C=O) groups is 1. The Bertz CT molecular complexity index is 282. The lowest BCUT2D eigenvalue weighted by Crippen LogP contribution is -2.25. The van der Waals surface area contributed by atoms with E-state index in [1.165, 1.54) is 6.08 Å². The number of aliphatic hydroxyl groups is 1. The molecular weight excluding hydrogens is 182 g/mol. The first kappa shape index (κ1) is 10.7. The number of hydrogen-bond acceptors (Lipinski definition) is 4. The molecule has 1 fully saturated rings. The average molecular weight is 194 g/mol. The fraction of sp³-hybridized carbons (Fsp3) is 0.600. The summed E-state index contributed by atoms with van der Waals surface area (Å²) in [5.74, 6) is -1.33. The van der Waals surface area contributed by atoms with Crippen LogP contribution in [-0.2, 0) is 4.79 Å². The van der Waals surface area contributed by atoms with E-state index in [0.717, 1.165) is 12.8 Å². The van der Waals surface area contributed by atoms with Crippen molar-refractivity contribution in [1.29, 1.82) is 5.26 Å². The van der Waals surface area contributed by atoms with E-state index >= 15 is 0 Å². The molecule has 1 saturated carbocycles. The minimum absolute atomic E-state index is 0.0888. The van der Waals surface area contributed by atoms with Gasteiger partial charge in [0, 0.05) is 0 Å². The van der Waals surface area contributed by atoms with Crippen molar-refractivity contribution in [3.8, 4) is 6.07 Å². The van der Waals surface area contributed by atoms with Crippen molar-refractivity contribution in [2.24, 2.45) is 5.92 Å². The van der Waals surface area contributed by atoms with Gasteiger partial charge in [0.2, 0.25) is 0 Å². The number of carboxylic acid groups (broad SMARTS) is 1. The normalized spacial score (nSPS) is 28.1. The van der Waals surface area contributed by atoms with Crippen molar-refractivity contribution in [2.45, 2.75) is 31.8 Å². The summed E-state index contributed by atoms with van der Waals surface area (Å²) in [4.78, 5) is 10.4. The van der Waals surface area contributed by atoms with E-state index in [2.05, 4.69) is 0 Å². The summed E-state index contributed by atoms with van der Waals surface area (Å²) >= 11 is 0. The molecule has 1 aliphatic carbocycles. The number of hydrogen-bond donors (Lipinski definition) is 1. The van der Waals surface area contributed by atoms with Crippen LogP contribution in [0, 0.1) is 17.2 Å². The molecule has 0 unspecified atom stereocenters. The highest BCUT2D eigenvalue weighted by molar-refractivity contribution is 5.89. The molecule has 4 heteroatoms. The standard InChI is InChI=1S/C10H13NO3/c11-6-8(10(13)14)5-7-1-3-9(12)4-2-7/h5,7,9,12H,1-4H2,(H,13,14)/p-1/b8-5+. The average Bonchev–Trinajstić information content (AvgIpc) is 2.16. The SMILES string of the molecule is N#C/C(=C\C1CCC(O)CC1)C(=O)[O-]. The molecule has 0 atom stereocenters. The van der Waals surface area contributed by atoms with E-state index in [1.807, 2.05) is 0 Å². The molecule has 0 radical (unpaired) electrons. The van der Waals surface area contributed by atoms with E-state index in [1.54, 1.807) is 6.07 Å². The summed E-state index contributed by atoms with van der Waals surface area (Å²) in [7, 11) is 0. The molecule has 4 nitrogen and oxygen atoms in total. The molecule has 1 aliphatic rings. The molecule has 14 heavy (non-hydrogen) atoms. The summed E-state index contributed by atoms with van der Waals surface area (Å²) in [6.07, 6.45) is 3.99. The number of carboxylic acids is 1. The van der Waals surface area contributed by atoms with Gasteiger partial charge in [-0.3, -0.25) is 0 Å². The smallest absolute Gasteiger partial charge is 0.101 e. The van der Waals surface area contributed by atoms with Crippen LogP contribution in [0.4, 0.5) is 0 Å². The lowest BCUT2D eigenvalue weighted by molar-refractivity contribution is -0.298. The first-order valence-corrected chi connectivity index (χ1v) is 4.65. The third-order valence-corrected chi connectivity index (χ3v) is 2.48. The summed E-state index contributed by atoms with van der Waals surface area (Å²) < 4.78 is 0. The van der Waals surface area contributed by atoms with Gasteiger partial charge in [0.25, 0.3) is 0 Å². The highest BCUT2D eigenvalue weighted by Crippen LogP contribution is 2.25. The van der Waals surface area contributed by atoms with Crippen LogP contribution in [0.25, 0.3) is 0 Å². The molecular formula is C10H12NO3-. The predicted molar refractivity (Wildman–Crippen MR) is 46.7 cm³/mol. The fourth-order valence-corrected chi connectivity index (χ4v) is 1.65. The lowest BCUT2D eigenvalue weighted by Gasteiger charge is -2.23. The topological polar surface area (TPSA) is 84.1 Å². The van der Waals surface area contributed by atoms with E-state index in [-0.39, 0.29) is 17.6 Å². The predicted octanol–water partition coefficient (Wildman–Crippen LogP) is -0.263. The quantitative estimate of drug-likeness (QED) is 0.484. The summed E-state index contributed by atoms with van der Waals surface area (Å²) in [5, 5.41) is 28.1. The number of allylic oxidation sites excluding steroid dienone is 1. The van der Waals surface area contributed by atoms with Crippen LogP contribution < -0.4 is 5.11 Å². The van der Waals surface area contributed by atoms with Crippen molar-refractivity contribution < 1.29 is 15.0 Å². The molecule has 0 bridgehead atoms. The summed E-state index contributed by atoms with van der Waals surface area (Å²) in [6.45, 7) is 0. The van der Waals surface area contributed by atoms with Crippen molar-refractivity contribution in [3.05, 3.63) is 11.6 Å². The van der Waals surface area contributed by atoms with Gasteiger partial charge in [-0.2, -0.15) is 5.26 Å². The maximum atomic E-state index is 10.4. The maximum absolute atomic E-state index is 10.4. The highest BCUT2D eigenvalue weighted by Gasteiger charge is 2.18. The molecule has 0 heterocycles. The highest BCUT2D eigenvalue weighted by atomic mass is 16.4. The van der Waals surface area contributed by atoms with E-state index in [0.29, 0.717) is 12.8 Å². The van der Waals surface area contributed by atoms with Gasteiger partial charge in [-0.05, 0) is 31.6 Å². The molecule has 0 aliphatic heterocycles. The third-order valence-electron chi connectivity index (χ3n) is 2.48. The van der Waals surface area contributed by atoms with Gasteiger partial charge < -0.3 is 15.0 Å². The second-order valence-corrected chi connectivity index (χ2v) is 3.55. The molecule has 1 rings (SSSR count). The molecule has 0 spiro atoms. The second-order valence-electron chi connectivity index (χ2n) is 3.55. The Balaban J connectivity index is 2.59. The van der Waals surface area contributed by atoms with Crippen LogP contribution in [0.1, 0.15) is 25.7 Å². The number of nitrogens with zero attached hydrogens (tertiary/aromatic N) is 1. The first-order valence-electron chi connectivity index (χ1n) is 4.65. The Kier molecular flexibility index (Phi) is 3.66. The molecule has 76 valence electrons. The zero-order valence-electron chi connectivity index (χ0n) is 7.77. The number of aliphatic hydroxyl groups excluding tert-OH is 1. The van der Waals surface area contributed by atoms with E-state index < -0.39 is 5.97 Å². The molecule has 0 aromatic heterocycles. The van der Waals surface area contributed by atoms with Crippen LogP contribution in [0.5, 0.6) is 0 Å². The minimum Gasteiger partial charge on any atom is -0.544 e. The van der Waals surface area contributed by atoms with Gasteiger partial charge >= 0.3 is 0 Å². The molecule has 0 aromatic carbocycles. The fourth-order valence-electron chi connectivity index (χ4n) is 1.65. The van der Waals surface area contributed by atoms with Gasteiger partial charge in [-0.1, -0.05) is 6.08 Å². The van der Waals surface area contributed by atoms with E-state index in [9.17, 15) is 15.0 Å². The zero-order valence-corrected chi connectivity index (χ0v) is 7.77. The van der Waals surface area contributed by atoms with Crippen molar-refractivity contribution in [3.63, 3.8) is 0 Å². The second kappa shape index (κ2) is 4.77. The number of nitriles is 1. The van der Waals surface area contributed by atoms with Crippen molar-refractivity contribution in [2.75, 3.05) is 0 Å². The first-order chi connectivity index (χ1) is 6.63. The largest absolute Gasteiger partial charge is 0.544 e. The summed E-state index contributed by atoms with van der Waals surface area (Å²) in [6, 6.07) is 1.60.